The summed E-state index contributed by atoms with van der Waals surface area (Å²) >= 11 is 0. The van der Waals surface area contributed by atoms with E-state index in [1.54, 1.807) is 6.20 Å². The summed E-state index contributed by atoms with van der Waals surface area (Å²) in [6.07, 6.45) is 8.35. The molecule has 1 amide bonds. The van der Waals surface area contributed by atoms with E-state index in [-0.39, 0.29) is 22.9 Å². The molecule has 1 spiro atoms. The van der Waals surface area contributed by atoms with E-state index >= 15 is 0 Å². The second kappa shape index (κ2) is 5.37. The van der Waals surface area contributed by atoms with Gasteiger partial charge in [-0.15, -0.1) is 0 Å². The summed E-state index contributed by atoms with van der Waals surface area (Å²) in [5, 5.41) is 7.51. The van der Waals surface area contributed by atoms with Gasteiger partial charge in [0.1, 0.15) is 0 Å². The Bertz CT molecular complexity index is 554. The third-order valence-electron chi connectivity index (χ3n) is 5.27. The number of ether oxygens (including phenoxy) is 1. The van der Waals surface area contributed by atoms with Crippen LogP contribution in [0, 0.1) is 5.41 Å². The van der Waals surface area contributed by atoms with E-state index in [1.165, 1.54) is 19.3 Å². The molecule has 5 heteroatoms. The summed E-state index contributed by atoms with van der Waals surface area (Å²) < 4.78 is 7.67. The minimum atomic E-state index is -0.107. The Kier molecular flexibility index (Phi) is 3.79. The molecule has 2 aliphatic carbocycles. The highest BCUT2D eigenvalue weighted by Gasteiger charge is 2.59. The maximum absolute atomic E-state index is 12.5. The molecule has 1 aromatic rings. The molecule has 0 bridgehead atoms. The molecule has 2 aliphatic rings. The van der Waals surface area contributed by atoms with Crippen LogP contribution in [0.3, 0.4) is 0 Å². The summed E-state index contributed by atoms with van der Waals surface area (Å²) in [6.45, 7) is 9.02. The zero-order valence-corrected chi connectivity index (χ0v) is 14.1. The zero-order valence-electron chi connectivity index (χ0n) is 14.1. The third-order valence-corrected chi connectivity index (χ3v) is 5.27. The highest BCUT2D eigenvalue weighted by molar-refractivity contribution is 5.94. The summed E-state index contributed by atoms with van der Waals surface area (Å²) in [5.41, 5.74) is 0.736. The number of nitrogens with one attached hydrogen (secondary N) is 1. The molecule has 2 unspecified atom stereocenters. The fraction of sp³-hybridized carbons (Fsp3) is 0.765. The number of hydrogen-bond acceptors (Lipinski definition) is 3. The molecule has 2 atom stereocenters. The van der Waals surface area contributed by atoms with Crippen LogP contribution >= 0.6 is 0 Å². The molecule has 1 aromatic heterocycles. The van der Waals surface area contributed by atoms with Crippen LogP contribution in [-0.4, -0.2) is 34.4 Å². The summed E-state index contributed by atoms with van der Waals surface area (Å²) in [5.74, 6) is -0.0123. The van der Waals surface area contributed by atoms with Gasteiger partial charge in [0.25, 0.3) is 5.91 Å². The standard InChI is InChI=1S/C17H27N3O2/c1-5-22-14-9-13(17(14)7-6-8-17)19-15(21)12-10-18-20(11-12)16(2,3)4/h10-11,13-14H,5-9H2,1-4H3,(H,19,21). The number of hydrogen-bond donors (Lipinski definition) is 1. The van der Waals surface area contributed by atoms with Crippen molar-refractivity contribution in [2.45, 2.75) is 71.1 Å². The van der Waals surface area contributed by atoms with Gasteiger partial charge < -0.3 is 10.1 Å². The van der Waals surface area contributed by atoms with E-state index in [0.717, 1.165) is 13.0 Å². The van der Waals surface area contributed by atoms with Gasteiger partial charge in [-0.25, -0.2) is 0 Å². The number of rotatable bonds is 4. The van der Waals surface area contributed by atoms with Crippen LogP contribution in [0.25, 0.3) is 0 Å². The van der Waals surface area contributed by atoms with Crippen molar-refractivity contribution < 1.29 is 9.53 Å². The van der Waals surface area contributed by atoms with Crippen molar-refractivity contribution in [3.8, 4) is 0 Å². The lowest BCUT2D eigenvalue weighted by Gasteiger charge is -2.60. The molecule has 1 N–H and O–H groups in total. The molecule has 0 aromatic carbocycles. The van der Waals surface area contributed by atoms with E-state index in [4.69, 9.17) is 4.74 Å². The van der Waals surface area contributed by atoms with Gasteiger partial charge >= 0.3 is 0 Å². The van der Waals surface area contributed by atoms with Gasteiger partial charge in [-0.05, 0) is 47.0 Å². The van der Waals surface area contributed by atoms with E-state index in [2.05, 4.69) is 31.2 Å². The van der Waals surface area contributed by atoms with E-state index < -0.39 is 0 Å². The van der Waals surface area contributed by atoms with Gasteiger partial charge in [-0.2, -0.15) is 5.10 Å². The van der Waals surface area contributed by atoms with Crippen LogP contribution in [0.15, 0.2) is 12.4 Å². The Morgan fingerprint density at radius 3 is 2.73 bits per heavy atom. The first-order valence-electron chi connectivity index (χ1n) is 8.34. The minimum absolute atomic E-state index is 0.0123. The quantitative estimate of drug-likeness (QED) is 0.930. The highest BCUT2D eigenvalue weighted by Crippen LogP contribution is 2.57. The maximum atomic E-state index is 12.5. The molecule has 0 radical (unpaired) electrons. The van der Waals surface area contributed by atoms with E-state index in [1.807, 2.05) is 17.8 Å². The second-order valence-electron chi connectivity index (χ2n) is 7.64. The average Bonchev–Trinajstić information content (AvgIpc) is 2.84. The molecule has 3 rings (SSSR count). The normalized spacial score (nSPS) is 26.4. The minimum Gasteiger partial charge on any atom is -0.378 e. The largest absolute Gasteiger partial charge is 0.378 e. The summed E-state index contributed by atoms with van der Waals surface area (Å²) in [6, 6.07) is 0.253. The van der Waals surface area contributed by atoms with Crippen LogP contribution in [-0.2, 0) is 10.3 Å². The zero-order chi connectivity index (χ0) is 16.0. The molecule has 122 valence electrons. The number of nitrogens with zero attached hydrogens (tertiary/aromatic N) is 2. The molecule has 2 fully saturated rings. The van der Waals surface area contributed by atoms with Crippen LogP contribution in [0.5, 0.6) is 0 Å². The monoisotopic (exact) mass is 305 g/mol. The highest BCUT2D eigenvalue weighted by atomic mass is 16.5. The molecule has 5 nitrogen and oxygen atoms in total. The predicted molar refractivity (Wildman–Crippen MR) is 84.8 cm³/mol. The lowest BCUT2D eigenvalue weighted by molar-refractivity contribution is -0.169. The first kappa shape index (κ1) is 15.5. The molecule has 2 saturated carbocycles. The maximum Gasteiger partial charge on any atom is 0.254 e. The number of amides is 1. The fourth-order valence-corrected chi connectivity index (χ4v) is 3.69. The van der Waals surface area contributed by atoms with Crippen LogP contribution in [0.4, 0.5) is 0 Å². The number of carbonyl (C=O) groups is 1. The van der Waals surface area contributed by atoms with E-state index in [0.29, 0.717) is 11.7 Å². The molecule has 1 heterocycles. The summed E-state index contributed by atoms with van der Waals surface area (Å²) in [7, 11) is 0. The van der Waals surface area contributed by atoms with Gasteiger partial charge in [0.15, 0.2) is 0 Å². The first-order valence-corrected chi connectivity index (χ1v) is 8.34. The molecule has 0 saturated heterocycles. The van der Waals surface area contributed by atoms with Crippen molar-refractivity contribution in [1.29, 1.82) is 0 Å². The van der Waals surface area contributed by atoms with E-state index in [9.17, 15) is 4.79 Å². The Morgan fingerprint density at radius 1 is 1.50 bits per heavy atom. The van der Waals surface area contributed by atoms with Gasteiger partial charge in [0.05, 0.1) is 23.4 Å². The van der Waals surface area contributed by atoms with Gasteiger partial charge in [-0.3, -0.25) is 9.48 Å². The van der Waals surface area contributed by atoms with Crippen molar-refractivity contribution in [1.82, 2.24) is 15.1 Å². The Morgan fingerprint density at radius 2 is 2.23 bits per heavy atom. The van der Waals surface area contributed by atoms with Crippen LogP contribution < -0.4 is 5.32 Å². The predicted octanol–water partition coefficient (Wildman–Crippen LogP) is 2.72. The number of carbonyl (C=O) groups excluding carboxylic acids is 1. The number of aromatic nitrogens is 2. The molecular weight excluding hydrogens is 278 g/mol. The van der Waals surface area contributed by atoms with Crippen molar-refractivity contribution in [2.24, 2.45) is 5.41 Å². The van der Waals surface area contributed by atoms with Crippen molar-refractivity contribution in [3.05, 3.63) is 18.0 Å². The Labute approximate surface area is 132 Å². The Balaban J connectivity index is 1.64. The SMILES string of the molecule is CCOC1CC(NC(=O)c2cnn(C(C)(C)C)c2)C12CCC2. The van der Waals surface area contributed by atoms with Gasteiger partial charge in [-0.1, -0.05) is 6.42 Å². The third kappa shape index (κ3) is 2.45. The molecule has 22 heavy (non-hydrogen) atoms. The smallest absolute Gasteiger partial charge is 0.254 e. The van der Waals surface area contributed by atoms with Gasteiger partial charge in [0, 0.05) is 24.3 Å². The van der Waals surface area contributed by atoms with Crippen LogP contribution in [0.1, 0.15) is 63.7 Å². The molecular formula is C17H27N3O2. The average molecular weight is 305 g/mol. The molecule has 0 aliphatic heterocycles. The summed E-state index contributed by atoms with van der Waals surface area (Å²) in [4.78, 5) is 12.5. The Hall–Kier alpha value is -1.36. The van der Waals surface area contributed by atoms with Crippen molar-refractivity contribution in [2.75, 3.05) is 6.61 Å². The van der Waals surface area contributed by atoms with Gasteiger partial charge in [0.2, 0.25) is 0 Å². The van der Waals surface area contributed by atoms with Crippen LogP contribution in [0.2, 0.25) is 0 Å². The first-order chi connectivity index (χ1) is 10.4. The van der Waals surface area contributed by atoms with Crippen molar-refractivity contribution in [3.63, 3.8) is 0 Å². The second-order valence-corrected chi connectivity index (χ2v) is 7.64. The lowest BCUT2D eigenvalue weighted by atomic mass is 9.51. The topological polar surface area (TPSA) is 56.1 Å². The van der Waals surface area contributed by atoms with Crippen molar-refractivity contribution >= 4 is 5.91 Å². The fourth-order valence-electron chi connectivity index (χ4n) is 3.69. The lowest BCUT2D eigenvalue weighted by Crippen LogP contribution is -2.67.